The van der Waals surface area contributed by atoms with Gasteiger partial charge in [0, 0.05) is 90.0 Å². The highest BCUT2D eigenvalue weighted by Gasteiger charge is 2.52. The van der Waals surface area contributed by atoms with Crippen molar-refractivity contribution in [3.05, 3.63) is 220 Å². The summed E-state index contributed by atoms with van der Waals surface area (Å²) in [6, 6.07) is 21.2. The van der Waals surface area contributed by atoms with Crippen LogP contribution in [0.3, 0.4) is 0 Å². The highest BCUT2D eigenvalue weighted by molar-refractivity contribution is 9.10. The fourth-order valence-corrected chi connectivity index (χ4v) is 13.9. The van der Waals surface area contributed by atoms with Gasteiger partial charge >= 0.3 is 7.12 Å². The first-order chi connectivity index (χ1) is 53.0. The number of hydrogen-bond donors (Lipinski definition) is 4. The van der Waals surface area contributed by atoms with E-state index in [1.54, 1.807) is 112 Å². The van der Waals surface area contributed by atoms with E-state index in [0.717, 1.165) is 96.4 Å². The second-order valence-corrected chi connectivity index (χ2v) is 33.0. The number of aromatic nitrogens is 12. The molecule has 12 aromatic rings. The molecular formula is C73H69BBrCl2F6N15O13S3. The molecule has 12 heterocycles. The monoisotopic (exact) mass is 1730 g/mol. The quantitative estimate of drug-likeness (QED) is 0.0374. The highest BCUT2D eigenvalue weighted by Crippen LogP contribution is 2.39. The lowest BCUT2D eigenvalue weighted by atomic mass is 9.80. The van der Waals surface area contributed by atoms with Crippen molar-refractivity contribution in [2.45, 2.75) is 89.9 Å². The molecule has 3 fully saturated rings. The molecule has 2 atom stereocenters. The van der Waals surface area contributed by atoms with Crippen molar-refractivity contribution in [2.75, 3.05) is 46.1 Å². The Kier molecular flexibility index (Phi) is 26.7. The zero-order chi connectivity index (χ0) is 80.4. The molecular weight excluding hydrogens is 1670 g/mol. The van der Waals surface area contributed by atoms with Gasteiger partial charge in [-0.3, -0.25) is 48.6 Å². The Labute approximate surface area is 669 Å². The second-order valence-electron chi connectivity index (χ2n) is 26.8. The Morgan fingerprint density at radius 3 is 1.26 bits per heavy atom. The number of hydrogen-bond acceptors (Lipinski definition) is 22. The van der Waals surface area contributed by atoms with Crippen molar-refractivity contribution in [2.24, 2.45) is 0 Å². The number of rotatable bonds is 17. The Bertz CT molecular complexity index is 5970. The molecule has 0 aliphatic carbocycles. The van der Waals surface area contributed by atoms with Gasteiger partial charge in [-0.05, 0) is 168 Å². The van der Waals surface area contributed by atoms with Gasteiger partial charge in [-0.1, -0.05) is 15.9 Å². The van der Waals surface area contributed by atoms with Crippen molar-refractivity contribution in [1.82, 2.24) is 59.7 Å². The van der Waals surface area contributed by atoms with Gasteiger partial charge in [0.15, 0.2) is 46.8 Å². The standard InChI is InChI=1S/C25H29BF2N4O6S.C24H21F2N5O4S.C19H13F2N5O3S.C5H4BrN.2ClH/c1-24(2)25(3,4)38-26(37-24)14-12-16-20(30-32(23(16)29-13-14)18-8-6-7-11-36-18)22(33)15-9-10-17(27)21(19(15)28)31-39(5,34)35;1-36(33,34)30-22-18(25)6-5-16(20(22)26)23(32)21-17-12-15(14-7-9-27-10-8-14)13-28-24(17)31(29-21)19-4-2-3-11-35-19;1-30(28,29)26-17-14(20)3-2-12(15(17)21)18(27)16-13-8-11(9-23-19(13)25-24-16)10-4-6-22-7-5-10;6-5-1-3-7-4-2-5;;/h9-10,12-13,18,31H,6-8,11H2,1-5H3;5-10,12-13,19,30H,2-4,11H2,1H3;2-9,26H,1H3,(H,23,24,25);1-4H;2*1H. The van der Waals surface area contributed by atoms with E-state index in [1.165, 1.54) is 9.36 Å². The molecule has 598 valence electrons. The summed E-state index contributed by atoms with van der Waals surface area (Å²) in [4.78, 5) is 65.3. The van der Waals surface area contributed by atoms with E-state index in [9.17, 15) is 57.2 Å². The van der Waals surface area contributed by atoms with Crippen LogP contribution in [-0.4, -0.2) is 153 Å². The molecule has 4 N–H and O–H groups in total. The Hall–Kier alpha value is -10.2. The number of pyridine rings is 6. The van der Waals surface area contributed by atoms with Crippen molar-refractivity contribution in [3.63, 3.8) is 0 Å². The molecule has 0 amide bonds. The largest absolute Gasteiger partial charge is 0.496 e. The van der Waals surface area contributed by atoms with Crippen molar-refractivity contribution < 1.29 is 84.8 Å². The number of nitrogens with zero attached hydrogens (tertiary/aromatic N) is 11. The normalized spacial score (nSPS) is 15.9. The number of anilines is 3. The number of ether oxygens (including phenoxy) is 2. The topological polar surface area (TPSA) is 368 Å². The van der Waals surface area contributed by atoms with Crippen molar-refractivity contribution in [1.29, 1.82) is 0 Å². The molecule has 3 aliphatic rings. The average Bonchev–Trinajstić information content (AvgIpc) is 1.59. The zero-order valence-corrected chi connectivity index (χ0v) is 66.8. The molecule has 2 unspecified atom stereocenters. The Morgan fingerprint density at radius 1 is 0.500 bits per heavy atom. The predicted octanol–water partition coefficient (Wildman–Crippen LogP) is 13.0. The minimum atomic E-state index is -4.02. The van der Waals surface area contributed by atoms with E-state index in [4.69, 9.17) is 18.8 Å². The lowest BCUT2D eigenvalue weighted by molar-refractivity contribution is -0.0372. The van der Waals surface area contributed by atoms with Crippen LogP contribution in [0.15, 0.2) is 151 Å². The number of H-pyrrole nitrogens is 1. The Balaban J connectivity index is 0.000000173. The summed E-state index contributed by atoms with van der Waals surface area (Å²) in [6.45, 7) is 8.67. The second kappa shape index (κ2) is 35.3. The first-order valence-electron chi connectivity index (χ1n) is 34.1. The third-order valence-electron chi connectivity index (χ3n) is 18.1. The molecule has 9 aromatic heterocycles. The van der Waals surface area contributed by atoms with Gasteiger partial charge in [-0.15, -0.1) is 24.8 Å². The number of halogens is 9. The summed E-state index contributed by atoms with van der Waals surface area (Å²) in [6.07, 6.45) is 20.9. The maximum Gasteiger partial charge on any atom is 0.496 e. The maximum atomic E-state index is 15.4. The minimum Gasteiger partial charge on any atom is -0.399 e. The van der Waals surface area contributed by atoms with Gasteiger partial charge in [0.25, 0.3) is 0 Å². The number of sulfonamides is 3. The van der Waals surface area contributed by atoms with Crippen molar-refractivity contribution >= 4 is 151 Å². The van der Waals surface area contributed by atoms with E-state index in [-0.39, 0.29) is 47.5 Å². The molecule has 0 bridgehead atoms. The van der Waals surface area contributed by atoms with Gasteiger partial charge in [0.1, 0.15) is 51.6 Å². The third-order valence-corrected chi connectivity index (χ3v) is 20.4. The third kappa shape index (κ3) is 19.4. The van der Waals surface area contributed by atoms with E-state index >= 15 is 8.78 Å². The number of nitrogens with one attached hydrogen (secondary N) is 4. The number of carbonyl (C=O) groups excluding carboxylic acids is 3. The van der Waals surface area contributed by atoms with Gasteiger partial charge < -0.3 is 18.8 Å². The molecule has 28 nitrogen and oxygen atoms in total. The first kappa shape index (κ1) is 86.2. The number of ketones is 3. The number of fused-ring (bicyclic) bond motifs is 3. The van der Waals surface area contributed by atoms with E-state index in [0.29, 0.717) is 70.1 Å². The van der Waals surface area contributed by atoms with E-state index in [1.807, 2.05) is 39.8 Å². The summed E-state index contributed by atoms with van der Waals surface area (Å²) < 4.78 is 191. The smallest absolute Gasteiger partial charge is 0.399 e. The van der Waals surface area contributed by atoms with Gasteiger partial charge in [0.2, 0.25) is 47.4 Å². The van der Waals surface area contributed by atoms with Crippen LogP contribution in [-0.2, 0) is 48.9 Å². The molecule has 3 aliphatic heterocycles. The SMILES string of the molecule is Brc1ccncc1.CC1(C)OB(c2cnc3c(c2)c(C(=O)c2ccc(F)c(NS(C)(=O)=O)c2F)nn3C2CCCCO2)OC1(C)C.CS(=O)(=O)Nc1c(F)ccc(C(=O)c2[nH]nc3ncc(-c4ccncc4)cc23)c1F.CS(=O)(=O)Nc1c(F)ccc(C(=O)c2nn(C3CCCCO3)c3ncc(-c4ccncc4)cc23)c1F.Cl.Cl. The predicted molar refractivity (Wildman–Crippen MR) is 420 cm³/mol. The highest BCUT2D eigenvalue weighted by atomic mass is 79.9. The average molecular weight is 1740 g/mol. The Morgan fingerprint density at radius 2 is 0.877 bits per heavy atom. The van der Waals surface area contributed by atoms with Crippen molar-refractivity contribution in [3.8, 4) is 22.3 Å². The zero-order valence-electron chi connectivity index (χ0n) is 61.2. The molecule has 3 saturated heterocycles. The van der Waals surface area contributed by atoms with Crippen LogP contribution in [0.5, 0.6) is 0 Å². The molecule has 15 rings (SSSR count). The van der Waals surface area contributed by atoms with Crippen LogP contribution in [0, 0.1) is 34.9 Å². The molecule has 41 heteroatoms. The van der Waals surface area contributed by atoms with E-state index < -0.39 is 147 Å². The van der Waals surface area contributed by atoms with E-state index in [2.05, 4.69) is 66.2 Å². The maximum absolute atomic E-state index is 15.4. The summed E-state index contributed by atoms with van der Waals surface area (Å²) in [7, 11) is -12.8. The number of carbonyl (C=O) groups is 3. The van der Waals surface area contributed by atoms with Gasteiger partial charge in [0.05, 0.1) is 62.8 Å². The number of benzene rings is 3. The molecule has 3 aromatic carbocycles. The summed E-state index contributed by atoms with van der Waals surface area (Å²) in [5.41, 5.74) is -1.57. The lowest BCUT2D eigenvalue weighted by Gasteiger charge is -2.32. The summed E-state index contributed by atoms with van der Waals surface area (Å²) >= 11 is 3.27. The summed E-state index contributed by atoms with van der Waals surface area (Å²) in [5.74, 6) is -10.0. The fraction of sp³-hybridized carbons (Fsp3) is 0.260. The lowest BCUT2D eigenvalue weighted by Crippen LogP contribution is -2.41. The molecule has 0 spiro atoms. The van der Waals surface area contributed by atoms with Crippen LogP contribution in [0.2, 0.25) is 0 Å². The van der Waals surface area contributed by atoms with Crippen LogP contribution in [0.25, 0.3) is 55.4 Å². The molecule has 0 radical (unpaired) electrons. The summed E-state index contributed by atoms with van der Waals surface area (Å²) in [5, 5.41) is 16.4. The number of aromatic amines is 1. The van der Waals surface area contributed by atoms with Crippen LogP contribution >= 0.6 is 40.7 Å². The van der Waals surface area contributed by atoms with Gasteiger partial charge in [-0.25, -0.2) is 75.9 Å². The first-order valence-corrected chi connectivity index (χ1v) is 40.6. The molecule has 0 saturated carbocycles. The minimum absolute atomic E-state index is 0. The van der Waals surface area contributed by atoms with Gasteiger partial charge in [-0.2, -0.15) is 15.3 Å². The molecule has 114 heavy (non-hydrogen) atoms. The van der Waals surface area contributed by atoms with Crippen LogP contribution in [0.1, 0.15) is 127 Å². The fourth-order valence-electron chi connectivity index (χ4n) is 12.0. The van der Waals surface area contributed by atoms with Crippen LogP contribution in [0.4, 0.5) is 43.4 Å². The van der Waals surface area contributed by atoms with Crippen LogP contribution < -0.4 is 19.6 Å².